The Hall–Kier alpha value is -1.05. The summed E-state index contributed by atoms with van der Waals surface area (Å²) >= 11 is 3.35. The van der Waals surface area contributed by atoms with Gasteiger partial charge >= 0.3 is 0 Å². The highest BCUT2D eigenvalue weighted by Gasteiger charge is 2.21. The third kappa shape index (κ3) is 1.49. The second-order valence-electron chi connectivity index (χ2n) is 3.23. The summed E-state index contributed by atoms with van der Waals surface area (Å²) in [7, 11) is 0. The molecule has 0 amide bonds. The summed E-state index contributed by atoms with van der Waals surface area (Å²) in [6.07, 6.45) is 0.800. The van der Waals surface area contributed by atoms with E-state index in [0.29, 0.717) is 17.9 Å². The Morgan fingerprint density at radius 1 is 1.57 bits per heavy atom. The van der Waals surface area contributed by atoms with Gasteiger partial charge in [0.15, 0.2) is 0 Å². The van der Waals surface area contributed by atoms with Crippen molar-refractivity contribution in [3.05, 3.63) is 27.7 Å². The van der Waals surface area contributed by atoms with E-state index in [1.54, 1.807) is 6.07 Å². The molecule has 3 nitrogen and oxygen atoms in total. The minimum atomic E-state index is -0.0247. The molecular formula is C10H9BrN2O. The molecule has 0 saturated heterocycles. The molecule has 0 aliphatic carbocycles. The van der Waals surface area contributed by atoms with Crippen LogP contribution in [0.1, 0.15) is 23.6 Å². The molecule has 2 rings (SSSR count). The van der Waals surface area contributed by atoms with Gasteiger partial charge in [-0.3, -0.25) is 0 Å². The normalized spacial score (nSPS) is 19.4. The zero-order chi connectivity index (χ0) is 10.1. The van der Waals surface area contributed by atoms with Gasteiger partial charge in [0.05, 0.1) is 12.2 Å². The first-order chi connectivity index (χ1) is 6.72. The number of hydrogen-bond acceptors (Lipinski definition) is 3. The van der Waals surface area contributed by atoms with E-state index in [4.69, 9.17) is 15.7 Å². The van der Waals surface area contributed by atoms with Gasteiger partial charge in [0.25, 0.3) is 0 Å². The smallest absolute Gasteiger partial charge is 0.141 e. The minimum absolute atomic E-state index is 0.0247. The second kappa shape index (κ2) is 3.60. The molecule has 0 fully saturated rings. The lowest BCUT2D eigenvalue weighted by Gasteiger charge is -2.23. The molecule has 0 saturated carbocycles. The Bertz CT molecular complexity index is 411. The predicted octanol–water partition coefficient (Wildman–Crippen LogP) is 2.10. The standard InChI is InChI=1S/C10H9BrN2O/c11-7-3-6(5-12)10-8(4-7)9(13)1-2-14-10/h3-4,9H,1-2,13H2/t9-/m0/s1. The average molecular weight is 253 g/mol. The van der Waals surface area contributed by atoms with Gasteiger partial charge in [-0.05, 0) is 12.1 Å². The Morgan fingerprint density at radius 2 is 2.36 bits per heavy atom. The monoisotopic (exact) mass is 252 g/mol. The minimum Gasteiger partial charge on any atom is -0.492 e. The van der Waals surface area contributed by atoms with Crippen LogP contribution >= 0.6 is 15.9 Å². The molecule has 72 valence electrons. The Morgan fingerprint density at radius 3 is 3.07 bits per heavy atom. The highest BCUT2D eigenvalue weighted by atomic mass is 79.9. The van der Waals surface area contributed by atoms with Gasteiger partial charge in [-0.25, -0.2) is 0 Å². The van der Waals surface area contributed by atoms with Crippen LogP contribution in [0.15, 0.2) is 16.6 Å². The summed E-state index contributed by atoms with van der Waals surface area (Å²) in [5, 5.41) is 8.91. The van der Waals surface area contributed by atoms with Crippen molar-refractivity contribution in [2.45, 2.75) is 12.5 Å². The van der Waals surface area contributed by atoms with Gasteiger partial charge in [-0.1, -0.05) is 15.9 Å². The molecular weight excluding hydrogens is 244 g/mol. The van der Waals surface area contributed by atoms with Crippen LogP contribution in [0.2, 0.25) is 0 Å². The molecule has 0 unspecified atom stereocenters. The van der Waals surface area contributed by atoms with Gasteiger partial charge in [0, 0.05) is 22.5 Å². The molecule has 0 radical (unpaired) electrons. The van der Waals surface area contributed by atoms with Crippen molar-refractivity contribution in [3.8, 4) is 11.8 Å². The van der Waals surface area contributed by atoms with E-state index in [1.165, 1.54) is 0 Å². The van der Waals surface area contributed by atoms with Crippen LogP contribution in [0.4, 0.5) is 0 Å². The first-order valence-corrected chi connectivity index (χ1v) is 5.13. The molecule has 14 heavy (non-hydrogen) atoms. The Balaban J connectivity index is 2.62. The van der Waals surface area contributed by atoms with Gasteiger partial charge in [-0.2, -0.15) is 5.26 Å². The maximum Gasteiger partial charge on any atom is 0.141 e. The number of halogens is 1. The SMILES string of the molecule is N#Cc1cc(Br)cc2c1OCC[C@@H]2N. The van der Waals surface area contributed by atoms with E-state index in [-0.39, 0.29) is 6.04 Å². The fourth-order valence-corrected chi connectivity index (χ4v) is 2.05. The second-order valence-corrected chi connectivity index (χ2v) is 4.14. The fourth-order valence-electron chi connectivity index (χ4n) is 1.58. The number of nitrogens with zero attached hydrogens (tertiary/aromatic N) is 1. The van der Waals surface area contributed by atoms with E-state index in [0.717, 1.165) is 16.5 Å². The summed E-state index contributed by atoms with van der Waals surface area (Å²) in [5.74, 6) is 0.648. The Labute approximate surface area is 90.6 Å². The molecule has 0 spiro atoms. The number of hydrogen-bond donors (Lipinski definition) is 1. The number of ether oxygens (including phenoxy) is 1. The molecule has 1 heterocycles. The van der Waals surface area contributed by atoms with Crippen LogP contribution < -0.4 is 10.5 Å². The van der Waals surface area contributed by atoms with E-state index in [9.17, 15) is 0 Å². The largest absolute Gasteiger partial charge is 0.492 e. The number of rotatable bonds is 0. The zero-order valence-electron chi connectivity index (χ0n) is 7.46. The molecule has 0 bridgehead atoms. The molecule has 0 aromatic heterocycles. The topological polar surface area (TPSA) is 59.0 Å². The van der Waals surface area contributed by atoms with Crippen molar-refractivity contribution in [2.24, 2.45) is 5.73 Å². The number of nitriles is 1. The molecule has 1 aromatic carbocycles. The van der Waals surface area contributed by atoms with E-state index < -0.39 is 0 Å². The van der Waals surface area contributed by atoms with E-state index >= 15 is 0 Å². The van der Waals surface area contributed by atoms with Crippen molar-refractivity contribution in [2.75, 3.05) is 6.61 Å². The van der Waals surface area contributed by atoms with Crippen LogP contribution in [-0.4, -0.2) is 6.61 Å². The quantitative estimate of drug-likeness (QED) is 0.770. The first-order valence-electron chi connectivity index (χ1n) is 4.34. The summed E-state index contributed by atoms with van der Waals surface area (Å²) < 4.78 is 6.32. The highest BCUT2D eigenvalue weighted by molar-refractivity contribution is 9.10. The predicted molar refractivity (Wildman–Crippen MR) is 55.9 cm³/mol. The van der Waals surface area contributed by atoms with Crippen molar-refractivity contribution in [1.29, 1.82) is 5.26 Å². The lowest BCUT2D eigenvalue weighted by Crippen LogP contribution is -2.21. The van der Waals surface area contributed by atoms with Crippen LogP contribution in [0.25, 0.3) is 0 Å². The van der Waals surface area contributed by atoms with Gasteiger partial charge in [-0.15, -0.1) is 0 Å². The lowest BCUT2D eigenvalue weighted by molar-refractivity contribution is 0.268. The van der Waals surface area contributed by atoms with Gasteiger partial charge in [0.2, 0.25) is 0 Å². The summed E-state index contributed by atoms with van der Waals surface area (Å²) in [4.78, 5) is 0. The number of fused-ring (bicyclic) bond motifs is 1. The fraction of sp³-hybridized carbons (Fsp3) is 0.300. The van der Waals surface area contributed by atoms with Crippen LogP contribution in [0.5, 0.6) is 5.75 Å². The molecule has 4 heteroatoms. The highest BCUT2D eigenvalue weighted by Crippen LogP contribution is 2.35. The van der Waals surface area contributed by atoms with Crippen molar-refractivity contribution < 1.29 is 4.74 Å². The third-order valence-corrected chi connectivity index (χ3v) is 2.74. The maximum absolute atomic E-state index is 8.91. The van der Waals surface area contributed by atoms with Crippen molar-refractivity contribution >= 4 is 15.9 Å². The maximum atomic E-state index is 8.91. The molecule has 1 aliphatic heterocycles. The third-order valence-electron chi connectivity index (χ3n) is 2.28. The van der Waals surface area contributed by atoms with Crippen LogP contribution in [0.3, 0.4) is 0 Å². The van der Waals surface area contributed by atoms with Crippen LogP contribution in [0, 0.1) is 11.3 Å². The number of nitrogens with two attached hydrogens (primary N) is 1. The molecule has 1 aromatic rings. The van der Waals surface area contributed by atoms with Gasteiger partial charge < -0.3 is 10.5 Å². The number of benzene rings is 1. The molecule has 2 N–H and O–H groups in total. The lowest BCUT2D eigenvalue weighted by atomic mass is 9.99. The van der Waals surface area contributed by atoms with E-state index in [1.807, 2.05) is 6.07 Å². The van der Waals surface area contributed by atoms with E-state index in [2.05, 4.69) is 22.0 Å². The van der Waals surface area contributed by atoms with Crippen LogP contribution in [-0.2, 0) is 0 Å². The Kier molecular flexibility index (Phi) is 2.44. The zero-order valence-corrected chi connectivity index (χ0v) is 9.04. The average Bonchev–Trinajstić information content (AvgIpc) is 2.18. The van der Waals surface area contributed by atoms with Gasteiger partial charge in [0.1, 0.15) is 11.8 Å². The summed E-state index contributed by atoms with van der Waals surface area (Å²) in [6, 6.07) is 5.74. The first kappa shape index (κ1) is 9.50. The van der Waals surface area contributed by atoms with Crippen molar-refractivity contribution in [1.82, 2.24) is 0 Å². The molecule has 1 aliphatic rings. The summed E-state index contributed by atoms with van der Waals surface area (Å²) in [6.45, 7) is 0.588. The summed E-state index contributed by atoms with van der Waals surface area (Å²) in [5.41, 5.74) is 7.39. The van der Waals surface area contributed by atoms with Crippen molar-refractivity contribution in [3.63, 3.8) is 0 Å². The molecule has 1 atom stereocenters.